The molecule has 3 aromatic rings. The zero-order valence-corrected chi connectivity index (χ0v) is 13.4. The zero-order chi connectivity index (χ0) is 16.8. The molecule has 1 aromatic heterocycles. The topological polar surface area (TPSA) is 85.1 Å². The number of halogens is 1. The Bertz CT molecular complexity index is 995. The molecule has 1 saturated carbocycles. The minimum absolute atomic E-state index is 0.168. The van der Waals surface area contributed by atoms with Crippen LogP contribution in [0.4, 0.5) is 4.39 Å². The smallest absolute Gasteiger partial charge is 0.216 e. The van der Waals surface area contributed by atoms with E-state index >= 15 is 0 Å². The van der Waals surface area contributed by atoms with Gasteiger partial charge in [-0.3, -0.25) is 0 Å². The average Bonchev–Trinajstić information content (AvgIpc) is 3.14. The monoisotopic (exact) mass is 347 g/mol. The van der Waals surface area contributed by atoms with Crippen LogP contribution in [0.15, 0.2) is 47.1 Å². The number of hydrogen-bond donors (Lipinski definition) is 1. The molecule has 4 rings (SSSR count). The average molecular weight is 347 g/mol. The Kier molecular flexibility index (Phi) is 3.40. The van der Waals surface area contributed by atoms with Gasteiger partial charge in [0.05, 0.1) is 11.3 Å². The second-order valence-electron chi connectivity index (χ2n) is 6.04. The van der Waals surface area contributed by atoms with Crippen LogP contribution in [-0.2, 0) is 21.3 Å². The zero-order valence-electron chi connectivity index (χ0n) is 12.6. The van der Waals surface area contributed by atoms with Gasteiger partial charge in [-0.2, -0.15) is 0 Å². The maximum absolute atomic E-state index is 13.1. The molecule has 0 aliphatic heterocycles. The molecular formula is C16H14FN3O3S. The molecule has 0 saturated heterocycles. The van der Waals surface area contributed by atoms with E-state index in [4.69, 9.17) is 0 Å². The van der Waals surface area contributed by atoms with Gasteiger partial charge in [-0.15, -0.1) is 0 Å². The molecule has 24 heavy (non-hydrogen) atoms. The van der Waals surface area contributed by atoms with Crippen molar-refractivity contribution in [3.63, 3.8) is 0 Å². The standard InChI is InChI=1S/C16H14FN3O3S/c17-13-4-2-12(3-5-13)16(7-8-16)20-24(21,22)10-11-1-6-14-15(9-11)19-23-18-14/h1-6,9,20H,7-8,10H2. The minimum Gasteiger partial charge on any atom is -0.243 e. The van der Waals surface area contributed by atoms with Gasteiger partial charge in [-0.05, 0) is 58.5 Å². The second kappa shape index (κ2) is 5.35. The first-order valence-electron chi connectivity index (χ1n) is 7.45. The highest BCUT2D eigenvalue weighted by atomic mass is 32.2. The van der Waals surface area contributed by atoms with E-state index in [2.05, 4.69) is 19.7 Å². The second-order valence-corrected chi connectivity index (χ2v) is 7.76. The van der Waals surface area contributed by atoms with Gasteiger partial charge < -0.3 is 0 Å². The predicted molar refractivity (Wildman–Crippen MR) is 84.9 cm³/mol. The Balaban J connectivity index is 1.55. The molecular weight excluding hydrogens is 333 g/mol. The SMILES string of the molecule is O=S(=O)(Cc1ccc2nonc2c1)NC1(c2ccc(F)cc2)CC1. The fraction of sp³-hybridized carbons (Fsp3) is 0.250. The lowest BCUT2D eigenvalue weighted by atomic mass is 10.1. The number of nitrogens with zero attached hydrogens (tertiary/aromatic N) is 2. The third kappa shape index (κ3) is 2.90. The molecule has 124 valence electrons. The summed E-state index contributed by atoms with van der Waals surface area (Å²) < 4.78 is 45.5. The van der Waals surface area contributed by atoms with Gasteiger partial charge in [0.15, 0.2) is 0 Å². The van der Waals surface area contributed by atoms with Crippen molar-refractivity contribution >= 4 is 21.1 Å². The van der Waals surface area contributed by atoms with Gasteiger partial charge in [-0.25, -0.2) is 22.2 Å². The first-order valence-corrected chi connectivity index (χ1v) is 9.10. The minimum atomic E-state index is -3.56. The fourth-order valence-electron chi connectivity index (χ4n) is 2.81. The van der Waals surface area contributed by atoms with E-state index in [9.17, 15) is 12.8 Å². The molecule has 1 aliphatic rings. The Labute approximate surface area is 137 Å². The third-order valence-corrected chi connectivity index (χ3v) is 5.59. The predicted octanol–water partition coefficient (Wildman–Crippen LogP) is 2.47. The molecule has 0 bridgehead atoms. The van der Waals surface area contributed by atoms with Gasteiger partial charge >= 0.3 is 0 Å². The molecule has 1 N–H and O–H groups in total. The number of sulfonamides is 1. The van der Waals surface area contributed by atoms with Crippen LogP contribution >= 0.6 is 0 Å². The molecule has 0 atom stereocenters. The number of aromatic nitrogens is 2. The van der Waals surface area contributed by atoms with Crippen LogP contribution in [0.25, 0.3) is 11.0 Å². The summed E-state index contributed by atoms with van der Waals surface area (Å²) in [7, 11) is -3.56. The van der Waals surface area contributed by atoms with Crippen molar-refractivity contribution in [2.75, 3.05) is 0 Å². The largest absolute Gasteiger partial charge is 0.243 e. The van der Waals surface area contributed by atoms with Crippen molar-refractivity contribution in [1.29, 1.82) is 0 Å². The normalized spacial score (nSPS) is 16.4. The Morgan fingerprint density at radius 2 is 1.79 bits per heavy atom. The number of rotatable bonds is 5. The van der Waals surface area contributed by atoms with Crippen molar-refractivity contribution in [3.8, 4) is 0 Å². The summed E-state index contributed by atoms with van der Waals surface area (Å²) in [5, 5.41) is 7.41. The summed E-state index contributed by atoms with van der Waals surface area (Å²) >= 11 is 0. The summed E-state index contributed by atoms with van der Waals surface area (Å²) in [6.07, 6.45) is 1.40. The highest BCUT2D eigenvalue weighted by molar-refractivity contribution is 7.88. The molecule has 0 spiro atoms. The van der Waals surface area contributed by atoms with E-state index in [0.29, 0.717) is 29.4 Å². The Morgan fingerprint density at radius 1 is 1.08 bits per heavy atom. The van der Waals surface area contributed by atoms with Crippen LogP contribution in [0.5, 0.6) is 0 Å². The summed E-state index contributed by atoms with van der Waals surface area (Å²) in [6, 6.07) is 10.9. The molecule has 1 fully saturated rings. The maximum atomic E-state index is 13.1. The van der Waals surface area contributed by atoms with Crippen LogP contribution in [-0.4, -0.2) is 18.7 Å². The van der Waals surface area contributed by atoms with Gasteiger partial charge in [0.25, 0.3) is 0 Å². The van der Waals surface area contributed by atoms with Crippen molar-refractivity contribution in [2.45, 2.75) is 24.1 Å². The van der Waals surface area contributed by atoms with Crippen molar-refractivity contribution in [3.05, 3.63) is 59.4 Å². The van der Waals surface area contributed by atoms with E-state index in [1.807, 2.05) is 0 Å². The molecule has 6 nitrogen and oxygen atoms in total. The maximum Gasteiger partial charge on any atom is 0.216 e. The van der Waals surface area contributed by atoms with E-state index < -0.39 is 15.6 Å². The molecule has 0 amide bonds. The van der Waals surface area contributed by atoms with Gasteiger partial charge in [0.1, 0.15) is 16.9 Å². The van der Waals surface area contributed by atoms with Crippen molar-refractivity contribution < 1.29 is 17.4 Å². The summed E-state index contributed by atoms with van der Waals surface area (Å²) in [5.41, 5.74) is 1.85. The molecule has 1 heterocycles. The number of benzene rings is 2. The summed E-state index contributed by atoms with van der Waals surface area (Å²) in [4.78, 5) is 0. The van der Waals surface area contributed by atoms with Crippen LogP contribution in [0.1, 0.15) is 24.0 Å². The first-order chi connectivity index (χ1) is 11.5. The Hall–Kier alpha value is -2.32. The molecule has 0 unspecified atom stereocenters. The first kappa shape index (κ1) is 15.2. The molecule has 0 radical (unpaired) electrons. The van der Waals surface area contributed by atoms with E-state index in [1.165, 1.54) is 12.1 Å². The highest BCUT2D eigenvalue weighted by Gasteiger charge is 2.47. The van der Waals surface area contributed by atoms with E-state index in [1.54, 1.807) is 30.3 Å². The summed E-state index contributed by atoms with van der Waals surface area (Å²) in [6.45, 7) is 0. The quantitative estimate of drug-likeness (QED) is 0.766. The van der Waals surface area contributed by atoms with Gasteiger partial charge in [-0.1, -0.05) is 18.2 Å². The lowest BCUT2D eigenvalue weighted by Gasteiger charge is -2.18. The summed E-state index contributed by atoms with van der Waals surface area (Å²) in [5.74, 6) is -0.509. The van der Waals surface area contributed by atoms with E-state index in [-0.39, 0.29) is 11.6 Å². The van der Waals surface area contributed by atoms with Gasteiger partial charge in [0.2, 0.25) is 10.0 Å². The van der Waals surface area contributed by atoms with Crippen LogP contribution in [0.2, 0.25) is 0 Å². The van der Waals surface area contributed by atoms with Crippen molar-refractivity contribution in [2.24, 2.45) is 0 Å². The van der Waals surface area contributed by atoms with Crippen LogP contribution in [0, 0.1) is 5.82 Å². The lowest BCUT2D eigenvalue weighted by Crippen LogP contribution is -2.35. The van der Waals surface area contributed by atoms with Crippen LogP contribution < -0.4 is 4.72 Å². The Morgan fingerprint density at radius 3 is 2.50 bits per heavy atom. The highest BCUT2D eigenvalue weighted by Crippen LogP contribution is 2.46. The molecule has 1 aliphatic carbocycles. The molecule has 8 heteroatoms. The molecule has 2 aromatic carbocycles. The van der Waals surface area contributed by atoms with E-state index in [0.717, 1.165) is 5.56 Å². The van der Waals surface area contributed by atoms with Gasteiger partial charge in [0, 0.05) is 0 Å². The number of fused-ring (bicyclic) bond motifs is 1. The number of nitrogens with one attached hydrogen (secondary N) is 1. The fourth-order valence-corrected chi connectivity index (χ4v) is 4.42. The van der Waals surface area contributed by atoms with Crippen LogP contribution in [0.3, 0.4) is 0 Å². The van der Waals surface area contributed by atoms with Crippen molar-refractivity contribution in [1.82, 2.24) is 15.0 Å². The lowest BCUT2D eigenvalue weighted by molar-refractivity contribution is 0.315. The number of hydrogen-bond acceptors (Lipinski definition) is 5. The third-order valence-electron chi connectivity index (χ3n) is 4.17.